The van der Waals surface area contributed by atoms with E-state index in [0.29, 0.717) is 121 Å². The number of methoxy groups -OCH3 is 2. The maximum Gasteiger partial charge on any atom is 1.00 e. The van der Waals surface area contributed by atoms with Crippen LogP contribution in [0, 0.1) is 0 Å². The van der Waals surface area contributed by atoms with Gasteiger partial charge in [0.1, 0.15) is 24.7 Å². The van der Waals surface area contributed by atoms with Crippen molar-refractivity contribution in [2.75, 3.05) is 93.5 Å². The molecule has 16 nitrogen and oxygen atoms in total. The van der Waals surface area contributed by atoms with Crippen molar-refractivity contribution in [2.45, 2.75) is 131 Å². The van der Waals surface area contributed by atoms with Crippen molar-refractivity contribution < 1.29 is 127 Å². The van der Waals surface area contributed by atoms with Crippen molar-refractivity contribution in [3.8, 4) is 11.5 Å². The molecule has 0 N–H and O–H groups in total. The topological polar surface area (TPSA) is 169 Å². The Morgan fingerprint density at radius 3 is 1.11 bits per heavy atom. The number of carbonyl (C=O) groups is 1. The Morgan fingerprint density at radius 1 is 0.514 bits per heavy atom. The van der Waals surface area contributed by atoms with E-state index >= 15 is 0 Å². The van der Waals surface area contributed by atoms with Crippen LogP contribution in [0.15, 0.2) is 28.7 Å². The van der Waals surface area contributed by atoms with E-state index < -0.39 is 38.3 Å². The van der Waals surface area contributed by atoms with E-state index in [0.717, 1.165) is 6.92 Å². The molecule has 0 bridgehead atoms. The SMILES string of the molecule is C.CC(=O)[O-].CC1(C)OB(B2OC(C)(C)C(C)(C)O2)OC1(C)C.COCCOCCOCCOc1cc(Cl)c(Cl)c(B2OC(C)(C)C(C)(C)O2)c1.COCCOCCOCCOc1cc(Cl)c(Cl)c(Br)c1.[K+]. The van der Waals surface area contributed by atoms with E-state index in [1.165, 1.54) is 0 Å². The van der Waals surface area contributed by atoms with Gasteiger partial charge >= 0.3 is 72.5 Å². The smallest absolute Gasteiger partial charge is 0.550 e. The van der Waals surface area contributed by atoms with Gasteiger partial charge in [0.25, 0.3) is 0 Å². The average Bonchev–Trinajstić information content (AvgIpc) is 3.72. The summed E-state index contributed by atoms with van der Waals surface area (Å²) in [6.07, 6.45) is 0. The monoisotopic (exact) mass is 1190 g/mol. The molecule has 3 saturated heterocycles. The zero-order chi connectivity index (χ0) is 53.1. The van der Waals surface area contributed by atoms with Crippen LogP contribution in [-0.2, 0) is 61.1 Å². The summed E-state index contributed by atoms with van der Waals surface area (Å²) in [5, 5.41) is 10.6. The predicted molar refractivity (Wildman–Crippen MR) is 284 cm³/mol. The molecule has 0 spiro atoms. The van der Waals surface area contributed by atoms with E-state index in [2.05, 4.69) is 15.9 Å². The van der Waals surface area contributed by atoms with Crippen LogP contribution >= 0.6 is 62.3 Å². The van der Waals surface area contributed by atoms with Crippen LogP contribution in [0.3, 0.4) is 0 Å². The van der Waals surface area contributed by atoms with Crippen molar-refractivity contribution in [2.24, 2.45) is 0 Å². The summed E-state index contributed by atoms with van der Waals surface area (Å²) in [6, 6.07) is 6.90. The van der Waals surface area contributed by atoms with Crippen molar-refractivity contribution in [1.29, 1.82) is 0 Å². The van der Waals surface area contributed by atoms with Crippen molar-refractivity contribution in [3.05, 3.63) is 48.8 Å². The van der Waals surface area contributed by atoms with Crippen molar-refractivity contribution in [3.63, 3.8) is 0 Å². The van der Waals surface area contributed by atoms with E-state index in [4.69, 9.17) is 122 Å². The Kier molecular flexibility index (Phi) is 34.1. The fourth-order valence-electron chi connectivity index (χ4n) is 5.79. The van der Waals surface area contributed by atoms with E-state index in [1.807, 2.05) is 83.1 Å². The summed E-state index contributed by atoms with van der Waals surface area (Å²) < 4.78 is 79.1. The number of halogens is 5. The first-order valence-corrected chi connectivity index (χ1v) is 25.2. The third kappa shape index (κ3) is 23.8. The van der Waals surface area contributed by atoms with Gasteiger partial charge in [-0.1, -0.05) is 53.8 Å². The number of ether oxygens (including phenoxy) is 8. The van der Waals surface area contributed by atoms with Crippen LogP contribution in [0.2, 0.25) is 20.1 Å². The maximum absolute atomic E-state index is 8.89. The molecule has 0 radical (unpaired) electrons. The molecular weight excluding hydrogens is 1110 g/mol. The number of carboxylic acids is 1. The molecular formula is C47H77B3BrCl4KO16. The van der Waals surface area contributed by atoms with Crippen LogP contribution in [0.25, 0.3) is 0 Å². The second-order valence-corrected chi connectivity index (χ2v) is 21.4. The largest absolute Gasteiger partial charge is 1.00 e. The minimum absolute atomic E-state index is 0. The van der Waals surface area contributed by atoms with E-state index in [-0.39, 0.29) is 81.2 Å². The van der Waals surface area contributed by atoms with E-state index in [1.54, 1.807) is 38.5 Å². The Morgan fingerprint density at radius 2 is 0.792 bits per heavy atom. The summed E-state index contributed by atoms with van der Waals surface area (Å²) in [4.78, 5) is 8.89. The second kappa shape index (κ2) is 33.8. The van der Waals surface area contributed by atoms with Crippen LogP contribution in [-0.4, -0.2) is 154 Å². The minimum Gasteiger partial charge on any atom is -0.550 e. The number of aliphatic carboxylic acids is 1. The van der Waals surface area contributed by atoms with Gasteiger partial charge in [0.2, 0.25) is 0 Å². The van der Waals surface area contributed by atoms with Crippen LogP contribution in [0.5, 0.6) is 11.5 Å². The number of rotatable bonds is 22. The molecule has 0 aliphatic carbocycles. The quantitative estimate of drug-likeness (QED) is 0.0786. The Hall–Kier alpha value is 0.501. The minimum atomic E-state index is -1.08. The summed E-state index contributed by atoms with van der Waals surface area (Å²) in [5.41, 5.74) is -1.73. The molecule has 0 aromatic heterocycles. The summed E-state index contributed by atoms with van der Waals surface area (Å²) in [7, 11) is 1.71. The Bertz CT molecular complexity index is 1800. The van der Waals surface area contributed by atoms with E-state index in [9.17, 15) is 0 Å². The third-order valence-electron chi connectivity index (χ3n) is 11.9. The Labute approximate surface area is 501 Å². The van der Waals surface area contributed by atoms with Gasteiger partial charge in [-0.05, 0) is 118 Å². The average molecular weight is 1190 g/mol. The first-order chi connectivity index (χ1) is 32.4. The van der Waals surface area contributed by atoms with Gasteiger partial charge in [-0.25, -0.2) is 0 Å². The molecule has 2 aromatic rings. The van der Waals surface area contributed by atoms with Gasteiger partial charge in [0, 0.05) is 42.3 Å². The molecule has 3 fully saturated rings. The normalized spacial score (nSPS) is 18.3. The van der Waals surface area contributed by atoms with Crippen molar-refractivity contribution in [1.82, 2.24) is 0 Å². The molecule has 25 heteroatoms. The van der Waals surface area contributed by atoms with Gasteiger partial charge in [0.05, 0.1) is 120 Å². The zero-order valence-corrected chi connectivity index (χ0v) is 52.2. The first kappa shape index (κ1) is 72.5. The van der Waals surface area contributed by atoms with Crippen LogP contribution in [0.1, 0.15) is 97.4 Å². The van der Waals surface area contributed by atoms with Gasteiger partial charge in [-0.15, -0.1) is 0 Å². The van der Waals surface area contributed by atoms with Crippen LogP contribution < -0.4 is 71.4 Å². The summed E-state index contributed by atoms with van der Waals surface area (Å²) in [5.74, 6) is 0.144. The number of hydrogen-bond donors (Lipinski definition) is 0. The molecule has 2 aromatic carbocycles. The summed E-state index contributed by atoms with van der Waals surface area (Å²) in [6.45, 7) is 31.2. The molecule has 406 valence electrons. The zero-order valence-electron chi connectivity index (χ0n) is 44.4. The molecule has 0 saturated carbocycles. The second-order valence-electron chi connectivity index (χ2n) is 19.0. The first-order valence-electron chi connectivity index (χ1n) is 22.9. The summed E-state index contributed by atoms with van der Waals surface area (Å²) >= 11 is 27.8. The molecule has 3 heterocycles. The van der Waals surface area contributed by atoms with Gasteiger partial charge < -0.3 is 75.7 Å². The molecule has 3 aliphatic heterocycles. The maximum atomic E-state index is 8.89. The number of carboxylic acid groups (broad SMARTS) is 1. The molecule has 0 unspecified atom stereocenters. The molecule has 5 rings (SSSR count). The predicted octanol–water partition coefficient (Wildman–Crippen LogP) is 5.81. The molecule has 0 amide bonds. The van der Waals surface area contributed by atoms with Crippen molar-refractivity contribution >= 4 is 94.9 Å². The molecule has 0 atom stereocenters. The number of hydrogen-bond acceptors (Lipinski definition) is 16. The third-order valence-corrected chi connectivity index (χ3v) is 14.3. The molecule has 3 aliphatic rings. The Balaban J connectivity index is 0.00000102. The van der Waals surface area contributed by atoms with Crippen LogP contribution in [0.4, 0.5) is 0 Å². The standard InChI is InChI=1S/C19H29BCl2O6.C13H17BrCl2O4.C12H24B2O4.C2H4O2.CH4.K/c1-18(2)19(3,4)28-20(27-18)15-12-14(13-16(21)17(15)22)26-11-10-25-9-8-24-7-6-23-5;1-17-2-3-18-4-5-19-6-7-20-10-8-11(14)13(16)12(15)9-10;1-9(2)10(3,4)16-13(15-9)14-17-11(5,6)12(7,8)18-14;1-2(3)4;;/h12-13H,6-11H2,1-5H3;8-9H,2-7H2,1H3;1-8H3;1H3,(H,3,4);1H4;/q;;;;;+1/p-1. The van der Waals surface area contributed by atoms with Gasteiger partial charge in [-0.2, -0.15) is 0 Å². The molecule has 72 heavy (non-hydrogen) atoms. The van der Waals surface area contributed by atoms with Gasteiger partial charge in [-0.3, -0.25) is 0 Å². The number of carbonyl (C=O) groups excluding carboxylic acids is 1. The fourth-order valence-corrected chi connectivity index (χ4v) is 7.08. The fraction of sp³-hybridized carbons (Fsp3) is 0.723. The number of benzene rings is 2. The van der Waals surface area contributed by atoms with Gasteiger partial charge in [0.15, 0.2) is 0 Å².